The number of rotatable bonds is 5. The number of likely N-dealkylation sites (tertiary alicyclic amines) is 1. The van der Waals surface area contributed by atoms with E-state index >= 15 is 0 Å². The van der Waals surface area contributed by atoms with E-state index in [1.165, 1.54) is 24.3 Å². The fourth-order valence-electron chi connectivity index (χ4n) is 4.17. The predicted molar refractivity (Wildman–Crippen MR) is 90.4 cm³/mol. The van der Waals surface area contributed by atoms with E-state index in [1.807, 2.05) is 12.2 Å². The number of allylic oxidation sites excluding steroid dienone is 2. The number of carbonyl (C=O) groups is 4. The molecule has 1 aliphatic heterocycles. The van der Waals surface area contributed by atoms with Gasteiger partial charge >= 0.3 is 5.97 Å². The van der Waals surface area contributed by atoms with Crippen molar-refractivity contribution in [3.8, 4) is 0 Å². The number of nitrogens with zero attached hydrogens (tertiary/aromatic N) is 1. The van der Waals surface area contributed by atoms with Crippen LogP contribution in [0, 0.1) is 29.5 Å². The second-order valence-corrected chi connectivity index (χ2v) is 6.98. The van der Waals surface area contributed by atoms with Crippen molar-refractivity contribution in [2.75, 3.05) is 18.5 Å². The molecule has 1 aromatic rings. The van der Waals surface area contributed by atoms with Crippen LogP contribution in [0.3, 0.4) is 0 Å². The fourth-order valence-corrected chi connectivity index (χ4v) is 4.17. The molecular formula is C19H17FN2O5. The second kappa shape index (κ2) is 6.61. The first-order valence-corrected chi connectivity index (χ1v) is 8.68. The van der Waals surface area contributed by atoms with Gasteiger partial charge in [0.15, 0.2) is 6.61 Å². The Labute approximate surface area is 154 Å². The number of amides is 3. The maximum absolute atomic E-state index is 12.8. The van der Waals surface area contributed by atoms with Crippen LogP contribution in [0.1, 0.15) is 6.42 Å². The molecule has 2 fully saturated rings. The van der Waals surface area contributed by atoms with E-state index in [0.29, 0.717) is 5.69 Å². The predicted octanol–water partition coefficient (Wildman–Crippen LogP) is 1.11. The molecule has 1 heterocycles. The zero-order chi connectivity index (χ0) is 19.1. The highest BCUT2D eigenvalue weighted by Gasteiger charge is 2.59. The maximum Gasteiger partial charge on any atom is 0.326 e. The lowest BCUT2D eigenvalue weighted by Gasteiger charge is -2.16. The number of nitrogens with one attached hydrogen (secondary N) is 1. The van der Waals surface area contributed by atoms with Crippen LogP contribution in [0.4, 0.5) is 10.1 Å². The first-order valence-electron chi connectivity index (χ1n) is 8.68. The summed E-state index contributed by atoms with van der Waals surface area (Å²) in [5.41, 5.74) is 0.359. The van der Waals surface area contributed by atoms with Gasteiger partial charge in [-0.2, -0.15) is 0 Å². The van der Waals surface area contributed by atoms with E-state index in [4.69, 9.17) is 4.74 Å². The Kier molecular flexibility index (Phi) is 4.25. The zero-order valence-electron chi connectivity index (χ0n) is 14.3. The quantitative estimate of drug-likeness (QED) is 0.475. The van der Waals surface area contributed by atoms with Gasteiger partial charge in [-0.25, -0.2) is 4.39 Å². The minimum absolute atomic E-state index is 0.0685. The number of carbonyl (C=O) groups excluding carboxylic acids is 4. The average Bonchev–Trinajstić information content (AvgIpc) is 3.32. The number of anilines is 1. The highest BCUT2D eigenvalue weighted by molar-refractivity contribution is 6.08. The van der Waals surface area contributed by atoms with Crippen LogP contribution in [0.2, 0.25) is 0 Å². The van der Waals surface area contributed by atoms with Crippen molar-refractivity contribution < 1.29 is 28.3 Å². The summed E-state index contributed by atoms with van der Waals surface area (Å²) in [4.78, 5) is 49.7. The highest BCUT2D eigenvalue weighted by Crippen LogP contribution is 2.52. The number of fused-ring (bicyclic) bond motifs is 5. The van der Waals surface area contributed by atoms with Crippen molar-refractivity contribution in [1.82, 2.24) is 4.90 Å². The summed E-state index contributed by atoms with van der Waals surface area (Å²) < 4.78 is 17.7. The Hall–Kier alpha value is -3.03. The summed E-state index contributed by atoms with van der Waals surface area (Å²) in [7, 11) is 0. The molecule has 3 amide bonds. The number of esters is 1. The van der Waals surface area contributed by atoms with Gasteiger partial charge in [0.2, 0.25) is 11.8 Å². The summed E-state index contributed by atoms with van der Waals surface area (Å²) in [6.07, 6.45) is 4.76. The normalized spacial score (nSPS) is 27.8. The Bertz CT molecular complexity index is 820. The van der Waals surface area contributed by atoms with E-state index in [2.05, 4.69) is 5.32 Å². The number of hydrogen-bond donors (Lipinski definition) is 1. The van der Waals surface area contributed by atoms with Gasteiger partial charge in [-0.3, -0.25) is 24.1 Å². The first-order chi connectivity index (χ1) is 12.9. The Morgan fingerprint density at radius 3 is 2.26 bits per heavy atom. The van der Waals surface area contributed by atoms with Crippen LogP contribution in [-0.4, -0.2) is 41.7 Å². The van der Waals surface area contributed by atoms with Crippen LogP contribution < -0.4 is 5.32 Å². The fraction of sp³-hybridized carbons (Fsp3) is 0.368. The van der Waals surface area contributed by atoms with Gasteiger partial charge in [0.1, 0.15) is 12.4 Å². The van der Waals surface area contributed by atoms with Crippen molar-refractivity contribution in [1.29, 1.82) is 0 Å². The first kappa shape index (κ1) is 17.4. The molecule has 0 unspecified atom stereocenters. The molecule has 1 N–H and O–H groups in total. The molecule has 4 atom stereocenters. The molecule has 0 aromatic heterocycles. The molecule has 7 nitrogen and oxygen atoms in total. The minimum Gasteiger partial charge on any atom is -0.454 e. The lowest BCUT2D eigenvalue weighted by molar-refractivity contribution is -0.154. The summed E-state index contributed by atoms with van der Waals surface area (Å²) in [5, 5.41) is 2.45. The minimum atomic E-state index is -0.828. The van der Waals surface area contributed by atoms with Crippen molar-refractivity contribution in [2.24, 2.45) is 23.7 Å². The number of hydrogen-bond acceptors (Lipinski definition) is 5. The third kappa shape index (κ3) is 3.11. The lowest BCUT2D eigenvalue weighted by atomic mass is 9.85. The molecule has 27 heavy (non-hydrogen) atoms. The molecule has 140 valence electrons. The third-order valence-corrected chi connectivity index (χ3v) is 5.34. The van der Waals surface area contributed by atoms with Gasteiger partial charge in [0.25, 0.3) is 5.91 Å². The van der Waals surface area contributed by atoms with Crippen molar-refractivity contribution >= 4 is 29.4 Å². The average molecular weight is 372 g/mol. The molecular weight excluding hydrogens is 355 g/mol. The summed E-state index contributed by atoms with van der Waals surface area (Å²) in [6.45, 7) is -1.06. The number of ether oxygens (including phenoxy) is 1. The Morgan fingerprint density at radius 2 is 1.67 bits per heavy atom. The van der Waals surface area contributed by atoms with Crippen molar-refractivity contribution in [3.63, 3.8) is 0 Å². The topological polar surface area (TPSA) is 92.8 Å². The van der Waals surface area contributed by atoms with Crippen molar-refractivity contribution in [3.05, 3.63) is 42.2 Å². The molecule has 3 aliphatic rings. The molecule has 4 rings (SSSR count). The zero-order valence-corrected chi connectivity index (χ0v) is 14.3. The highest BCUT2D eigenvalue weighted by atomic mass is 19.1. The van der Waals surface area contributed by atoms with Crippen LogP contribution in [0.5, 0.6) is 0 Å². The van der Waals surface area contributed by atoms with E-state index < -0.39 is 30.8 Å². The van der Waals surface area contributed by atoms with Crippen LogP contribution in [0.25, 0.3) is 0 Å². The summed E-state index contributed by atoms with van der Waals surface area (Å²) in [6, 6.07) is 5.12. The molecule has 0 radical (unpaired) electrons. The Morgan fingerprint density at radius 1 is 1.07 bits per heavy atom. The van der Waals surface area contributed by atoms with E-state index in [0.717, 1.165) is 11.3 Å². The maximum atomic E-state index is 12.8. The summed E-state index contributed by atoms with van der Waals surface area (Å²) >= 11 is 0. The lowest BCUT2D eigenvalue weighted by Crippen LogP contribution is -2.38. The van der Waals surface area contributed by atoms with Crippen molar-refractivity contribution in [2.45, 2.75) is 6.42 Å². The molecule has 2 aliphatic carbocycles. The molecule has 1 aromatic carbocycles. The van der Waals surface area contributed by atoms with Gasteiger partial charge in [-0.15, -0.1) is 0 Å². The largest absolute Gasteiger partial charge is 0.454 e. The molecule has 1 saturated heterocycles. The molecule has 2 bridgehead atoms. The van der Waals surface area contributed by atoms with Gasteiger partial charge < -0.3 is 10.1 Å². The second-order valence-electron chi connectivity index (χ2n) is 6.98. The van der Waals surface area contributed by atoms with Crippen LogP contribution >= 0.6 is 0 Å². The van der Waals surface area contributed by atoms with Gasteiger partial charge in [-0.05, 0) is 42.5 Å². The van der Waals surface area contributed by atoms with Crippen LogP contribution in [0.15, 0.2) is 36.4 Å². The Balaban J connectivity index is 1.28. The smallest absolute Gasteiger partial charge is 0.326 e. The van der Waals surface area contributed by atoms with E-state index in [9.17, 15) is 23.6 Å². The molecule has 1 saturated carbocycles. The standard InChI is InChI=1S/C19H17FN2O5/c20-12-3-5-13(6-4-12)21-14(23)9-27-15(24)8-22-18(25)16-10-1-2-11(7-10)17(16)19(22)26/h1-6,10-11,16-17H,7-9H2,(H,21,23)/t10-,11-,16+,17+/m0/s1. The molecule has 0 spiro atoms. The van der Waals surface area contributed by atoms with E-state index in [-0.39, 0.29) is 35.5 Å². The van der Waals surface area contributed by atoms with Gasteiger partial charge in [0.05, 0.1) is 11.8 Å². The SMILES string of the molecule is O=C(COC(=O)CN1C(=O)[C@H]2[C@H](C1=O)[C@H]1C=C[C@H]2C1)Nc1ccc(F)cc1. The van der Waals surface area contributed by atoms with E-state index in [1.54, 1.807) is 0 Å². The summed E-state index contributed by atoms with van der Waals surface area (Å²) in [5.74, 6) is -3.15. The monoisotopic (exact) mass is 372 g/mol. The number of imide groups is 1. The molecule has 8 heteroatoms. The van der Waals surface area contributed by atoms with Gasteiger partial charge in [0, 0.05) is 5.69 Å². The van der Waals surface area contributed by atoms with Crippen LogP contribution in [-0.2, 0) is 23.9 Å². The number of benzene rings is 1. The number of halogens is 1. The van der Waals surface area contributed by atoms with Gasteiger partial charge in [-0.1, -0.05) is 12.2 Å². The third-order valence-electron chi connectivity index (χ3n) is 5.34.